The van der Waals surface area contributed by atoms with Crippen molar-refractivity contribution >= 4 is 37.1 Å². The normalized spacial score (nSPS) is 17.9. The Morgan fingerprint density at radius 3 is 2.18 bits per heavy atom. The molecule has 0 spiro atoms. The largest absolute Gasteiger partial charge is 0.386 e. The molecule has 3 aromatic rings. The molecule has 1 aliphatic heterocycles. The maximum Gasteiger partial charge on any atom is 0.252 e. The summed E-state index contributed by atoms with van der Waals surface area (Å²) in [7, 11) is -7.52. The molecule has 0 saturated carbocycles. The molecule has 0 radical (unpaired) electrons. The number of sulfonamides is 2. The number of anilines is 1. The molecule has 38 heavy (non-hydrogen) atoms. The molecule has 1 aliphatic rings. The summed E-state index contributed by atoms with van der Waals surface area (Å²) in [4.78, 5) is 2.28. The van der Waals surface area contributed by atoms with E-state index in [-0.39, 0.29) is 34.8 Å². The van der Waals surface area contributed by atoms with E-state index in [4.69, 9.17) is 0 Å². The number of rotatable bonds is 9. The molecular weight excluding hydrogens is 543 g/mol. The SMILES string of the molecule is CC(C)N(C[C@H]1CN(S(=O)(=O)c2cccs2)CCN1c1ccc(C(C)(C)O)cc1)S(=O)(=O)c1ccccc1. The molecule has 11 heteroatoms. The van der Waals surface area contributed by atoms with Gasteiger partial charge >= 0.3 is 0 Å². The number of thiophene rings is 1. The maximum atomic E-state index is 13.7. The van der Waals surface area contributed by atoms with E-state index in [0.717, 1.165) is 11.3 Å². The molecule has 0 amide bonds. The highest BCUT2D eigenvalue weighted by Crippen LogP contribution is 2.30. The van der Waals surface area contributed by atoms with E-state index in [2.05, 4.69) is 4.90 Å². The van der Waals surface area contributed by atoms with E-state index in [1.807, 2.05) is 38.1 Å². The Morgan fingerprint density at radius 2 is 1.63 bits per heavy atom. The van der Waals surface area contributed by atoms with E-state index < -0.39 is 31.7 Å². The number of benzene rings is 2. The minimum atomic E-state index is -3.82. The molecule has 1 atom stereocenters. The van der Waals surface area contributed by atoms with Gasteiger partial charge in [0.25, 0.3) is 10.0 Å². The van der Waals surface area contributed by atoms with Crippen LogP contribution in [0.2, 0.25) is 0 Å². The number of piperazine rings is 1. The number of hydrogen-bond acceptors (Lipinski definition) is 7. The van der Waals surface area contributed by atoms with E-state index in [0.29, 0.717) is 6.54 Å². The fourth-order valence-corrected chi connectivity index (χ4v) is 8.97. The first-order chi connectivity index (χ1) is 17.8. The molecule has 206 valence electrons. The van der Waals surface area contributed by atoms with Crippen molar-refractivity contribution in [1.29, 1.82) is 0 Å². The van der Waals surface area contributed by atoms with Gasteiger partial charge in [-0.15, -0.1) is 11.3 Å². The van der Waals surface area contributed by atoms with E-state index in [9.17, 15) is 21.9 Å². The van der Waals surface area contributed by atoms with Crippen LogP contribution in [0.4, 0.5) is 5.69 Å². The van der Waals surface area contributed by atoms with Gasteiger partial charge in [-0.2, -0.15) is 8.61 Å². The Bertz CT molecular complexity index is 1420. The molecule has 2 heterocycles. The Hall–Kier alpha value is -2.28. The molecular formula is C27H35N3O5S3. The van der Waals surface area contributed by atoms with Crippen LogP contribution in [-0.2, 0) is 25.6 Å². The molecule has 4 rings (SSSR count). The molecule has 1 saturated heterocycles. The number of nitrogens with zero attached hydrogens (tertiary/aromatic N) is 3. The zero-order valence-electron chi connectivity index (χ0n) is 22.1. The fourth-order valence-electron chi connectivity index (χ4n) is 4.66. The van der Waals surface area contributed by atoms with Crippen LogP contribution in [0.3, 0.4) is 0 Å². The molecule has 1 fully saturated rings. The third kappa shape index (κ3) is 5.98. The molecule has 8 nitrogen and oxygen atoms in total. The van der Waals surface area contributed by atoms with Crippen LogP contribution in [0.5, 0.6) is 0 Å². The van der Waals surface area contributed by atoms with Crippen molar-refractivity contribution in [3.8, 4) is 0 Å². The number of aliphatic hydroxyl groups is 1. The van der Waals surface area contributed by atoms with E-state index in [1.165, 1.54) is 19.9 Å². The monoisotopic (exact) mass is 577 g/mol. The second-order valence-electron chi connectivity index (χ2n) is 10.2. The van der Waals surface area contributed by atoms with Crippen LogP contribution in [-0.4, -0.2) is 68.8 Å². The molecule has 0 bridgehead atoms. The van der Waals surface area contributed by atoms with Crippen molar-refractivity contribution in [3.63, 3.8) is 0 Å². The highest BCUT2D eigenvalue weighted by atomic mass is 32.2. The number of hydrogen-bond donors (Lipinski definition) is 1. The lowest BCUT2D eigenvalue weighted by Gasteiger charge is -2.44. The van der Waals surface area contributed by atoms with Crippen molar-refractivity contribution in [3.05, 3.63) is 77.7 Å². The van der Waals surface area contributed by atoms with E-state index in [1.54, 1.807) is 61.7 Å². The lowest BCUT2D eigenvalue weighted by atomic mass is 9.98. The summed E-state index contributed by atoms with van der Waals surface area (Å²) in [5.41, 5.74) is 0.605. The first-order valence-electron chi connectivity index (χ1n) is 12.5. The summed E-state index contributed by atoms with van der Waals surface area (Å²) in [5.74, 6) is 0. The molecule has 0 unspecified atom stereocenters. The van der Waals surface area contributed by atoms with Gasteiger partial charge in [-0.1, -0.05) is 36.4 Å². The predicted octanol–water partition coefficient (Wildman–Crippen LogP) is 3.95. The van der Waals surface area contributed by atoms with Crippen LogP contribution in [0.1, 0.15) is 33.3 Å². The van der Waals surface area contributed by atoms with Crippen LogP contribution in [0, 0.1) is 0 Å². The summed E-state index contributed by atoms with van der Waals surface area (Å²) in [6.45, 7) is 8.00. The minimum absolute atomic E-state index is 0.110. The lowest BCUT2D eigenvalue weighted by molar-refractivity contribution is 0.0786. The van der Waals surface area contributed by atoms with Gasteiger partial charge in [0, 0.05) is 37.9 Å². The average molecular weight is 578 g/mol. The fraction of sp³-hybridized carbons (Fsp3) is 0.407. The predicted molar refractivity (Wildman–Crippen MR) is 151 cm³/mol. The van der Waals surface area contributed by atoms with Crippen molar-refractivity contribution < 1.29 is 21.9 Å². The van der Waals surface area contributed by atoms with Crippen molar-refractivity contribution in [2.24, 2.45) is 0 Å². The van der Waals surface area contributed by atoms with Crippen molar-refractivity contribution in [2.75, 3.05) is 31.1 Å². The van der Waals surface area contributed by atoms with Gasteiger partial charge in [-0.3, -0.25) is 0 Å². The summed E-state index contributed by atoms with van der Waals surface area (Å²) in [6, 6.07) is 18.3. The van der Waals surface area contributed by atoms with Crippen molar-refractivity contribution in [1.82, 2.24) is 8.61 Å². The smallest absolute Gasteiger partial charge is 0.252 e. The summed E-state index contributed by atoms with van der Waals surface area (Å²) < 4.78 is 57.3. The summed E-state index contributed by atoms with van der Waals surface area (Å²) in [6.07, 6.45) is 0. The Labute approximate surface area is 230 Å². The molecule has 0 aliphatic carbocycles. The Morgan fingerprint density at radius 1 is 0.974 bits per heavy atom. The highest BCUT2D eigenvalue weighted by Gasteiger charge is 2.38. The third-order valence-corrected chi connectivity index (χ3v) is 12.1. The van der Waals surface area contributed by atoms with Gasteiger partial charge in [0.05, 0.1) is 16.5 Å². The van der Waals surface area contributed by atoms with Crippen LogP contribution in [0.15, 0.2) is 81.2 Å². The van der Waals surface area contributed by atoms with Crippen molar-refractivity contribution in [2.45, 2.75) is 54.5 Å². The second-order valence-corrected chi connectivity index (χ2v) is 15.2. The standard InChI is InChI=1S/C27H35N3O5S3/c1-21(2)30(37(32,33)25-9-6-5-7-10-25)20-24-19-28(38(34,35)26-11-8-18-36-26)16-17-29(24)23-14-12-22(13-15-23)27(3,4)31/h5-15,18,21,24,31H,16-17,19-20H2,1-4H3/t24-/m1/s1. The van der Waals surface area contributed by atoms with Gasteiger partial charge in [0.2, 0.25) is 10.0 Å². The molecule has 1 N–H and O–H groups in total. The topological polar surface area (TPSA) is 98.2 Å². The Kier molecular flexibility index (Phi) is 8.37. The van der Waals surface area contributed by atoms with Gasteiger partial charge in [0.15, 0.2) is 0 Å². The zero-order valence-corrected chi connectivity index (χ0v) is 24.5. The van der Waals surface area contributed by atoms with Gasteiger partial charge in [-0.25, -0.2) is 16.8 Å². The second kappa shape index (κ2) is 11.1. The van der Waals surface area contributed by atoms with E-state index >= 15 is 0 Å². The average Bonchev–Trinajstić information content (AvgIpc) is 3.43. The van der Waals surface area contributed by atoms with Gasteiger partial charge in [-0.05, 0) is 69.0 Å². The summed E-state index contributed by atoms with van der Waals surface area (Å²) >= 11 is 1.17. The first-order valence-corrected chi connectivity index (χ1v) is 16.3. The molecule has 1 aromatic heterocycles. The zero-order chi connectivity index (χ0) is 27.7. The van der Waals surface area contributed by atoms with Gasteiger partial charge in [0.1, 0.15) is 4.21 Å². The van der Waals surface area contributed by atoms with Crippen LogP contribution < -0.4 is 4.90 Å². The third-order valence-electron chi connectivity index (χ3n) is 6.76. The first kappa shape index (κ1) is 28.7. The lowest BCUT2D eigenvalue weighted by Crippen LogP contribution is -2.59. The Balaban J connectivity index is 1.70. The molecule has 2 aromatic carbocycles. The van der Waals surface area contributed by atoms with Gasteiger partial charge < -0.3 is 10.0 Å². The quantitative estimate of drug-likeness (QED) is 0.414. The van der Waals surface area contributed by atoms with Crippen LogP contribution in [0.25, 0.3) is 0 Å². The summed E-state index contributed by atoms with van der Waals surface area (Å²) in [5, 5.41) is 12.1. The minimum Gasteiger partial charge on any atom is -0.386 e. The highest BCUT2D eigenvalue weighted by molar-refractivity contribution is 7.91. The maximum absolute atomic E-state index is 13.7. The van der Waals surface area contributed by atoms with Crippen LogP contribution >= 0.6 is 11.3 Å².